The molecule has 2 amide bonds. The molecule has 1 atom stereocenters. The van der Waals surface area contributed by atoms with Crippen LogP contribution in [0, 0.1) is 0 Å². The van der Waals surface area contributed by atoms with E-state index in [0.717, 1.165) is 4.88 Å². The largest absolute Gasteiger partial charge is 0.372 e. The van der Waals surface area contributed by atoms with E-state index in [9.17, 15) is 14.7 Å². The monoisotopic (exact) mass is 364 g/mol. The number of rotatable bonds is 5. The molecular weight excluding hydrogens is 348 g/mol. The number of carbonyl (C=O) groups excluding carboxylic acids is 2. The second kappa shape index (κ2) is 6.93. The van der Waals surface area contributed by atoms with Crippen molar-refractivity contribution >= 4 is 40.4 Å². The highest BCUT2D eigenvalue weighted by Gasteiger charge is 2.51. The lowest BCUT2D eigenvalue weighted by molar-refractivity contribution is -0.149. The molecule has 1 aromatic heterocycles. The third-order valence-corrected chi connectivity index (χ3v) is 5.20. The Hall–Kier alpha value is -1.89. The standard InChI is InChI=1S/C17H17ClN2O3S/c18-12-3-1-4-13(11-12)20-9-7-17(23,16(20)22)15(21)19-8-6-14-5-2-10-24-14/h1-5,10-11,23H,6-9H2,(H,19,21)/t17-/m1/s1. The van der Waals surface area contributed by atoms with E-state index in [1.165, 1.54) is 4.90 Å². The first-order chi connectivity index (χ1) is 11.5. The molecule has 0 radical (unpaired) electrons. The second-order valence-corrected chi connectivity index (χ2v) is 7.10. The van der Waals surface area contributed by atoms with Crippen molar-refractivity contribution in [3.8, 4) is 0 Å². The lowest BCUT2D eigenvalue weighted by atomic mass is 10.0. The van der Waals surface area contributed by atoms with Crippen molar-refractivity contribution in [3.05, 3.63) is 51.7 Å². The van der Waals surface area contributed by atoms with Crippen LogP contribution in [0.2, 0.25) is 5.02 Å². The Morgan fingerprint density at radius 1 is 1.38 bits per heavy atom. The van der Waals surface area contributed by atoms with Crippen LogP contribution < -0.4 is 10.2 Å². The van der Waals surface area contributed by atoms with Gasteiger partial charge < -0.3 is 15.3 Å². The number of benzene rings is 1. The van der Waals surface area contributed by atoms with Crippen molar-refractivity contribution < 1.29 is 14.7 Å². The summed E-state index contributed by atoms with van der Waals surface area (Å²) in [5.74, 6) is -1.26. The van der Waals surface area contributed by atoms with Gasteiger partial charge in [0.1, 0.15) is 0 Å². The number of aliphatic hydroxyl groups is 1. The summed E-state index contributed by atoms with van der Waals surface area (Å²) in [5, 5.41) is 15.7. The SMILES string of the molecule is O=C(NCCc1cccs1)[C@]1(O)CCN(c2cccc(Cl)c2)C1=O. The first-order valence-electron chi connectivity index (χ1n) is 7.61. The molecule has 0 spiro atoms. The average molecular weight is 365 g/mol. The third kappa shape index (κ3) is 3.31. The molecular formula is C17H17ClN2O3S. The summed E-state index contributed by atoms with van der Waals surface area (Å²) in [6, 6.07) is 10.7. The van der Waals surface area contributed by atoms with Gasteiger partial charge in [0.2, 0.25) is 5.60 Å². The minimum atomic E-state index is -2.02. The molecule has 0 saturated carbocycles. The summed E-state index contributed by atoms with van der Waals surface area (Å²) < 4.78 is 0. The van der Waals surface area contributed by atoms with Crippen LogP contribution in [0.25, 0.3) is 0 Å². The van der Waals surface area contributed by atoms with Crippen LogP contribution >= 0.6 is 22.9 Å². The quantitative estimate of drug-likeness (QED) is 0.799. The Morgan fingerprint density at radius 2 is 2.21 bits per heavy atom. The minimum Gasteiger partial charge on any atom is -0.372 e. The van der Waals surface area contributed by atoms with Crippen LogP contribution in [0.15, 0.2) is 41.8 Å². The van der Waals surface area contributed by atoms with Crippen molar-refractivity contribution in [1.82, 2.24) is 5.32 Å². The third-order valence-electron chi connectivity index (χ3n) is 4.03. The maximum absolute atomic E-state index is 12.5. The molecule has 2 heterocycles. The van der Waals surface area contributed by atoms with Gasteiger partial charge in [0.25, 0.3) is 11.8 Å². The Labute approximate surface area is 148 Å². The summed E-state index contributed by atoms with van der Waals surface area (Å²) in [4.78, 5) is 27.4. The zero-order chi connectivity index (χ0) is 17.2. The fourth-order valence-electron chi connectivity index (χ4n) is 2.71. The fourth-order valence-corrected chi connectivity index (χ4v) is 3.60. The zero-order valence-electron chi connectivity index (χ0n) is 12.9. The molecule has 7 heteroatoms. The minimum absolute atomic E-state index is 0.0587. The topological polar surface area (TPSA) is 69.6 Å². The number of halogens is 1. The highest BCUT2D eigenvalue weighted by molar-refractivity contribution is 7.09. The van der Waals surface area contributed by atoms with Crippen molar-refractivity contribution in [2.24, 2.45) is 0 Å². The number of thiophene rings is 1. The number of hydrogen-bond donors (Lipinski definition) is 2. The Morgan fingerprint density at radius 3 is 2.92 bits per heavy atom. The van der Waals surface area contributed by atoms with Crippen LogP contribution in [0.4, 0.5) is 5.69 Å². The molecule has 3 rings (SSSR count). The summed E-state index contributed by atoms with van der Waals surface area (Å²) in [6.07, 6.45) is 0.731. The maximum Gasteiger partial charge on any atom is 0.268 e. The first kappa shape index (κ1) is 17.0. The smallest absolute Gasteiger partial charge is 0.268 e. The van der Waals surface area contributed by atoms with Crippen LogP contribution in [0.3, 0.4) is 0 Å². The van der Waals surface area contributed by atoms with E-state index in [1.807, 2.05) is 17.5 Å². The molecule has 1 fully saturated rings. The molecule has 0 unspecified atom stereocenters. The number of nitrogens with one attached hydrogen (secondary N) is 1. The molecule has 5 nitrogen and oxygen atoms in total. The fraction of sp³-hybridized carbons (Fsp3) is 0.294. The van der Waals surface area contributed by atoms with E-state index in [1.54, 1.807) is 35.6 Å². The highest BCUT2D eigenvalue weighted by Crippen LogP contribution is 2.30. The molecule has 2 aromatic rings. The van der Waals surface area contributed by atoms with Gasteiger partial charge >= 0.3 is 0 Å². The molecule has 1 aliphatic heterocycles. The summed E-state index contributed by atoms with van der Waals surface area (Å²) in [7, 11) is 0. The van der Waals surface area contributed by atoms with Crippen molar-refractivity contribution in [3.63, 3.8) is 0 Å². The molecule has 1 aliphatic rings. The molecule has 126 valence electrons. The first-order valence-corrected chi connectivity index (χ1v) is 8.87. The zero-order valence-corrected chi connectivity index (χ0v) is 14.4. The van der Waals surface area contributed by atoms with E-state index < -0.39 is 17.4 Å². The van der Waals surface area contributed by atoms with Gasteiger partial charge in [0.05, 0.1) is 0 Å². The van der Waals surface area contributed by atoms with E-state index in [4.69, 9.17) is 11.6 Å². The van der Waals surface area contributed by atoms with Crippen molar-refractivity contribution in [2.75, 3.05) is 18.0 Å². The molecule has 0 aliphatic carbocycles. The van der Waals surface area contributed by atoms with Gasteiger partial charge in [-0.2, -0.15) is 0 Å². The predicted octanol–water partition coefficient (Wildman–Crippen LogP) is 2.23. The van der Waals surface area contributed by atoms with Crippen LogP contribution in [0.1, 0.15) is 11.3 Å². The number of anilines is 1. The number of hydrogen-bond acceptors (Lipinski definition) is 4. The molecule has 2 N–H and O–H groups in total. The van der Waals surface area contributed by atoms with Gasteiger partial charge in [-0.15, -0.1) is 11.3 Å². The van der Waals surface area contributed by atoms with E-state index in [-0.39, 0.29) is 13.0 Å². The Bertz CT molecular complexity index is 750. The van der Waals surface area contributed by atoms with Crippen LogP contribution in [-0.2, 0) is 16.0 Å². The second-order valence-electron chi connectivity index (χ2n) is 5.63. The lowest BCUT2D eigenvalue weighted by Crippen LogP contribution is -2.52. The Kier molecular flexibility index (Phi) is 4.89. The predicted molar refractivity (Wildman–Crippen MR) is 94.4 cm³/mol. The maximum atomic E-state index is 12.5. The Balaban J connectivity index is 1.64. The van der Waals surface area contributed by atoms with Gasteiger partial charge in [-0.25, -0.2) is 0 Å². The van der Waals surface area contributed by atoms with Gasteiger partial charge in [0, 0.05) is 35.1 Å². The number of nitrogens with zero attached hydrogens (tertiary/aromatic N) is 1. The van der Waals surface area contributed by atoms with E-state index in [0.29, 0.717) is 23.7 Å². The van der Waals surface area contributed by atoms with Gasteiger partial charge in [-0.05, 0) is 36.1 Å². The average Bonchev–Trinajstić information content (AvgIpc) is 3.17. The molecule has 1 aromatic carbocycles. The van der Waals surface area contributed by atoms with E-state index in [2.05, 4.69) is 5.32 Å². The molecule has 24 heavy (non-hydrogen) atoms. The van der Waals surface area contributed by atoms with Crippen molar-refractivity contribution in [1.29, 1.82) is 0 Å². The van der Waals surface area contributed by atoms with E-state index >= 15 is 0 Å². The van der Waals surface area contributed by atoms with Crippen LogP contribution in [0.5, 0.6) is 0 Å². The lowest BCUT2D eigenvalue weighted by Gasteiger charge is -2.21. The summed E-state index contributed by atoms with van der Waals surface area (Å²) >= 11 is 7.55. The molecule has 1 saturated heterocycles. The molecule has 0 bridgehead atoms. The van der Waals surface area contributed by atoms with Crippen molar-refractivity contribution in [2.45, 2.75) is 18.4 Å². The normalized spacial score (nSPS) is 20.4. The summed E-state index contributed by atoms with van der Waals surface area (Å²) in [6.45, 7) is 0.653. The van der Waals surface area contributed by atoms with Crippen LogP contribution in [-0.4, -0.2) is 35.6 Å². The van der Waals surface area contributed by atoms with Gasteiger partial charge in [0.15, 0.2) is 0 Å². The number of carbonyl (C=O) groups is 2. The van der Waals surface area contributed by atoms with Gasteiger partial charge in [-0.3, -0.25) is 9.59 Å². The number of amides is 2. The summed E-state index contributed by atoms with van der Waals surface area (Å²) in [5.41, 5.74) is -1.44. The van der Waals surface area contributed by atoms with Gasteiger partial charge in [-0.1, -0.05) is 23.7 Å². The highest BCUT2D eigenvalue weighted by atomic mass is 35.5.